The molecule has 2 unspecified atom stereocenters. The number of hydrogen-bond acceptors (Lipinski definition) is 2. The molecule has 0 aromatic heterocycles. The van der Waals surface area contributed by atoms with Crippen LogP contribution in [0.3, 0.4) is 0 Å². The molecule has 1 aliphatic rings. The lowest BCUT2D eigenvalue weighted by Gasteiger charge is -2.11. The zero-order valence-electron chi connectivity index (χ0n) is 7.91. The Labute approximate surface area is 77.3 Å². The van der Waals surface area contributed by atoms with E-state index in [2.05, 4.69) is 5.32 Å². The van der Waals surface area contributed by atoms with Crippen LogP contribution in [0, 0.1) is 11.8 Å². The lowest BCUT2D eigenvalue weighted by molar-refractivity contribution is -0.142. The molecule has 2 N–H and O–H groups in total. The number of rotatable bonds is 4. The highest BCUT2D eigenvalue weighted by molar-refractivity contribution is 5.86. The number of carbonyl (C=O) groups excluding carboxylic acids is 1. The topological polar surface area (TPSA) is 66.4 Å². The van der Waals surface area contributed by atoms with E-state index >= 15 is 0 Å². The van der Waals surface area contributed by atoms with Gasteiger partial charge in [0.2, 0.25) is 5.91 Å². The van der Waals surface area contributed by atoms with Gasteiger partial charge in [-0.3, -0.25) is 4.79 Å². The van der Waals surface area contributed by atoms with Gasteiger partial charge in [-0.25, -0.2) is 4.79 Å². The van der Waals surface area contributed by atoms with Crippen LogP contribution in [0.15, 0.2) is 0 Å². The van der Waals surface area contributed by atoms with Crippen LogP contribution in [0.4, 0.5) is 0 Å². The summed E-state index contributed by atoms with van der Waals surface area (Å²) in [6, 6.07) is -0.722. The van der Waals surface area contributed by atoms with Gasteiger partial charge in [0, 0.05) is 5.92 Å². The number of aliphatic carboxylic acids is 1. The summed E-state index contributed by atoms with van der Waals surface area (Å²) in [4.78, 5) is 21.9. The summed E-state index contributed by atoms with van der Waals surface area (Å²) >= 11 is 0. The molecule has 0 aromatic carbocycles. The van der Waals surface area contributed by atoms with Crippen LogP contribution in [0.5, 0.6) is 0 Å². The van der Waals surface area contributed by atoms with Crippen molar-refractivity contribution in [2.75, 3.05) is 0 Å². The fourth-order valence-electron chi connectivity index (χ4n) is 1.30. The Balaban J connectivity index is 2.38. The average molecular weight is 185 g/mol. The zero-order valence-corrected chi connectivity index (χ0v) is 7.91. The molecule has 0 saturated heterocycles. The lowest BCUT2D eigenvalue weighted by Crippen LogP contribution is -2.41. The molecule has 0 aromatic rings. The monoisotopic (exact) mass is 185 g/mol. The standard InChI is InChI=1S/C9H15NO3/c1-3-7(9(12)13)10-8(11)6-4-5(6)2/h5-7H,3-4H2,1-2H3,(H,10,11)(H,12,13)/t5?,6?,7-/m1/s1. The van der Waals surface area contributed by atoms with Gasteiger partial charge in [0.15, 0.2) is 0 Å². The number of nitrogens with one attached hydrogen (secondary N) is 1. The van der Waals surface area contributed by atoms with Crippen LogP contribution < -0.4 is 5.32 Å². The maximum absolute atomic E-state index is 11.3. The fourth-order valence-corrected chi connectivity index (χ4v) is 1.30. The molecule has 1 amide bonds. The van der Waals surface area contributed by atoms with Gasteiger partial charge in [-0.1, -0.05) is 13.8 Å². The van der Waals surface area contributed by atoms with E-state index in [1.165, 1.54) is 0 Å². The highest BCUT2D eigenvalue weighted by atomic mass is 16.4. The summed E-state index contributed by atoms with van der Waals surface area (Å²) in [6.07, 6.45) is 1.32. The zero-order chi connectivity index (χ0) is 10.0. The van der Waals surface area contributed by atoms with Crippen molar-refractivity contribution in [2.24, 2.45) is 11.8 Å². The molecule has 1 aliphatic carbocycles. The van der Waals surface area contributed by atoms with Gasteiger partial charge in [-0.05, 0) is 18.8 Å². The van der Waals surface area contributed by atoms with Crippen molar-refractivity contribution in [1.82, 2.24) is 5.32 Å². The minimum Gasteiger partial charge on any atom is -0.480 e. The summed E-state index contributed by atoms with van der Waals surface area (Å²) in [7, 11) is 0. The van der Waals surface area contributed by atoms with Gasteiger partial charge < -0.3 is 10.4 Å². The Bertz CT molecular complexity index is 227. The molecule has 0 bridgehead atoms. The SMILES string of the molecule is CC[C@@H](NC(=O)C1CC1C)C(=O)O. The first kappa shape index (κ1) is 10.0. The van der Waals surface area contributed by atoms with Crippen molar-refractivity contribution in [1.29, 1.82) is 0 Å². The smallest absolute Gasteiger partial charge is 0.326 e. The maximum Gasteiger partial charge on any atom is 0.326 e. The van der Waals surface area contributed by atoms with Gasteiger partial charge in [0.1, 0.15) is 6.04 Å². The molecule has 0 aliphatic heterocycles. The quantitative estimate of drug-likeness (QED) is 0.674. The molecular weight excluding hydrogens is 170 g/mol. The summed E-state index contributed by atoms with van der Waals surface area (Å²) in [5, 5.41) is 11.2. The fraction of sp³-hybridized carbons (Fsp3) is 0.778. The van der Waals surface area contributed by atoms with Crippen molar-refractivity contribution in [3.63, 3.8) is 0 Å². The predicted molar refractivity (Wildman–Crippen MR) is 47.1 cm³/mol. The van der Waals surface area contributed by atoms with E-state index in [0.29, 0.717) is 12.3 Å². The summed E-state index contributed by atoms with van der Waals surface area (Å²) < 4.78 is 0. The van der Waals surface area contributed by atoms with Crippen molar-refractivity contribution in [3.8, 4) is 0 Å². The Hall–Kier alpha value is -1.06. The molecule has 1 fully saturated rings. The third-order valence-electron chi connectivity index (χ3n) is 2.47. The molecule has 74 valence electrons. The van der Waals surface area contributed by atoms with Crippen LogP contribution in [0.2, 0.25) is 0 Å². The van der Waals surface area contributed by atoms with E-state index in [4.69, 9.17) is 5.11 Å². The van der Waals surface area contributed by atoms with Crippen LogP contribution in [-0.2, 0) is 9.59 Å². The molecule has 4 nitrogen and oxygen atoms in total. The van der Waals surface area contributed by atoms with Gasteiger partial charge >= 0.3 is 5.97 Å². The first-order chi connectivity index (χ1) is 6.06. The van der Waals surface area contributed by atoms with E-state index in [9.17, 15) is 9.59 Å². The third-order valence-corrected chi connectivity index (χ3v) is 2.47. The molecule has 1 rings (SSSR count). The second-order valence-electron chi connectivity index (χ2n) is 3.63. The predicted octanol–water partition coefficient (Wildman–Crippen LogP) is 0.622. The minimum absolute atomic E-state index is 0.0494. The van der Waals surface area contributed by atoms with Crippen LogP contribution >= 0.6 is 0 Å². The van der Waals surface area contributed by atoms with Gasteiger partial charge in [-0.15, -0.1) is 0 Å². The van der Waals surface area contributed by atoms with Gasteiger partial charge in [0.25, 0.3) is 0 Å². The second-order valence-corrected chi connectivity index (χ2v) is 3.63. The molecule has 3 atom stereocenters. The molecule has 0 spiro atoms. The molecule has 0 radical (unpaired) electrons. The number of amides is 1. The van der Waals surface area contributed by atoms with Crippen molar-refractivity contribution in [3.05, 3.63) is 0 Å². The molecule has 4 heteroatoms. The maximum atomic E-state index is 11.3. The van der Waals surface area contributed by atoms with E-state index in [0.717, 1.165) is 6.42 Å². The summed E-state index contributed by atoms with van der Waals surface area (Å²) in [6.45, 7) is 3.74. The first-order valence-electron chi connectivity index (χ1n) is 4.59. The molecule has 13 heavy (non-hydrogen) atoms. The summed E-state index contributed by atoms with van der Waals surface area (Å²) in [5.41, 5.74) is 0. The van der Waals surface area contributed by atoms with E-state index in [1.807, 2.05) is 6.92 Å². The normalized spacial score (nSPS) is 27.8. The summed E-state index contributed by atoms with van der Waals surface area (Å²) in [5.74, 6) is -0.592. The highest BCUT2D eigenvalue weighted by Crippen LogP contribution is 2.37. The number of carboxylic acids is 1. The van der Waals surface area contributed by atoms with E-state index in [1.54, 1.807) is 6.92 Å². The Kier molecular flexibility index (Phi) is 2.90. The molecule has 0 heterocycles. The second kappa shape index (κ2) is 3.77. The van der Waals surface area contributed by atoms with Gasteiger partial charge in [0.05, 0.1) is 0 Å². The van der Waals surface area contributed by atoms with Crippen LogP contribution in [0.1, 0.15) is 26.7 Å². The Morgan fingerprint density at radius 1 is 1.62 bits per heavy atom. The van der Waals surface area contributed by atoms with Crippen LogP contribution in [0.25, 0.3) is 0 Å². The molecular formula is C9H15NO3. The average Bonchev–Trinajstić information content (AvgIpc) is 2.77. The van der Waals surface area contributed by atoms with Crippen molar-refractivity contribution >= 4 is 11.9 Å². The Morgan fingerprint density at radius 2 is 2.15 bits per heavy atom. The van der Waals surface area contributed by atoms with Crippen LogP contribution in [-0.4, -0.2) is 23.0 Å². The van der Waals surface area contributed by atoms with Gasteiger partial charge in [-0.2, -0.15) is 0 Å². The molecule has 1 saturated carbocycles. The first-order valence-corrected chi connectivity index (χ1v) is 4.59. The van der Waals surface area contributed by atoms with E-state index < -0.39 is 12.0 Å². The third kappa shape index (κ3) is 2.44. The van der Waals surface area contributed by atoms with Crippen molar-refractivity contribution in [2.45, 2.75) is 32.7 Å². The lowest BCUT2D eigenvalue weighted by atomic mass is 10.2. The number of carboxylic acid groups (broad SMARTS) is 1. The van der Waals surface area contributed by atoms with E-state index in [-0.39, 0.29) is 11.8 Å². The number of carbonyl (C=O) groups is 2. The van der Waals surface area contributed by atoms with Crippen molar-refractivity contribution < 1.29 is 14.7 Å². The number of hydrogen-bond donors (Lipinski definition) is 2. The minimum atomic E-state index is -0.954. The highest BCUT2D eigenvalue weighted by Gasteiger charge is 2.40. The Morgan fingerprint density at radius 3 is 2.46 bits per heavy atom. The largest absolute Gasteiger partial charge is 0.480 e.